The molecule has 0 rings (SSSR count). The van der Waals surface area contributed by atoms with Gasteiger partial charge in [-0.15, -0.1) is 0 Å². The molecule has 0 aromatic heterocycles. The van der Waals surface area contributed by atoms with E-state index in [1.165, 1.54) is 0 Å². The molecule has 9 heavy (non-hydrogen) atoms. The van der Waals surface area contributed by atoms with E-state index >= 15 is 0 Å². The molecule has 0 unspecified atom stereocenters. The minimum Gasteiger partial charge on any atom is -0.393 e. The van der Waals surface area contributed by atoms with Gasteiger partial charge in [-0.2, -0.15) is 0 Å². The Hall–Kier alpha value is -0.0800. The summed E-state index contributed by atoms with van der Waals surface area (Å²) >= 11 is 0. The summed E-state index contributed by atoms with van der Waals surface area (Å²) in [5, 5.41) is 9.19. The Kier molecular flexibility index (Phi) is 3.15. The van der Waals surface area contributed by atoms with E-state index in [0.29, 0.717) is 6.54 Å². The zero-order valence-electron chi connectivity index (χ0n) is 6.52. The van der Waals surface area contributed by atoms with Gasteiger partial charge in [-0.1, -0.05) is 13.8 Å². The zero-order valence-corrected chi connectivity index (χ0v) is 6.52. The van der Waals surface area contributed by atoms with Crippen molar-refractivity contribution < 1.29 is 5.11 Å². The van der Waals surface area contributed by atoms with Crippen LogP contribution in [0.25, 0.3) is 0 Å². The van der Waals surface area contributed by atoms with Gasteiger partial charge in [0.2, 0.25) is 0 Å². The lowest BCUT2D eigenvalue weighted by atomic mass is 9.83. The summed E-state index contributed by atoms with van der Waals surface area (Å²) in [6, 6.07) is 0. The molecule has 0 bridgehead atoms. The van der Waals surface area contributed by atoms with Crippen molar-refractivity contribution in [3.05, 3.63) is 0 Å². The molecule has 0 aliphatic carbocycles. The molecular formula is C7H17NO. The van der Waals surface area contributed by atoms with Gasteiger partial charge in [0, 0.05) is 12.0 Å². The van der Waals surface area contributed by atoms with Crippen LogP contribution in [0.15, 0.2) is 0 Å². The summed E-state index contributed by atoms with van der Waals surface area (Å²) in [6.07, 6.45) is 0.633. The maximum absolute atomic E-state index is 9.19. The monoisotopic (exact) mass is 131 g/mol. The lowest BCUT2D eigenvalue weighted by Crippen LogP contribution is -2.36. The number of nitrogens with two attached hydrogens (primary N) is 1. The largest absolute Gasteiger partial charge is 0.393 e. The van der Waals surface area contributed by atoms with Gasteiger partial charge in [-0.25, -0.2) is 0 Å². The molecule has 0 aliphatic heterocycles. The zero-order chi connectivity index (χ0) is 7.49. The number of aliphatic hydroxyl groups is 1. The third-order valence-corrected chi connectivity index (χ3v) is 2.28. The van der Waals surface area contributed by atoms with E-state index < -0.39 is 0 Å². The SMILES string of the molecule is CC[C@](C)(CN)[C@H](C)O. The highest BCUT2D eigenvalue weighted by molar-refractivity contribution is 4.78. The predicted octanol–water partition coefficient (Wildman–Crippen LogP) is 0.742. The first kappa shape index (κ1) is 8.92. The van der Waals surface area contributed by atoms with Crippen molar-refractivity contribution in [3.63, 3.8) is 0 Å². The molecule has 0 aromatic rings. The second-order valence-corrected chi connectivity index (χ2v) is 2.89. The summed E-state index contributed by atoms with van der Waals surface area (Å²) in [5.74, 6) is 0. The maximum atomic E-state index is 9.19. The van der Waals surface area contributed by atoms with Crippen LogP contribution < -0.4 is 5.73 Å². The van der Waals surface area contributed by atoms with Gasteiger partial charge >= 0.3 is 0 Å². The fourth-order valence-electron chi connectivity index (χ4n) is 0.610. The molecule has 0 aromatic carbocycles. The van der Waals surface area contributed by atoms with Crippen LogP contribution in [-0.2, 0) is 0 Å². The Bertz CT molecular complexity index is 77.0. The summed E-state index contributed by atoms with van der Waals surface area (Å²) in [4.78, 5) is 0. The van der Waals surface area contributed by atoms with Gasteiger partial charge < -0.3 is 10.8 Å². The van der Waals surface area contributed by atoms with Crippen molar-refractivity contribution in [3.8, 4) is 0 Å². The van der Waals surface area contributed by atoms with E-state index in [0.717, 1.165) is 6.42 Å². The number of hydrogen-bond donors (Lipinski definition) is 2. The topological polar surface area (TPSA) is 46.2 Å². The Labute approximate surface area is 57.1 Å². The lowest BCUT2D eigenvalue weighted by Gasteiger charge is -2.29. The molecule has 0 saturated carbocycles. The van der Waals surface area contributed by atoms with Crippen LogP contribution in [0.4, 0.5) is 0 Å². The average Bonchev–Trinajstić information content (AvgIpc) is 1.86. The van der Waals surface area contributed by atoms with Gasteiger partial charge in [-0.05, 0) is 13.3 Å². The molecule has 0 amide bonds. The molecule has 2 nitrogen and oxygen atoms in total. The minimum absolute atomic E-state index is 0.0833. The van der Waals surface area contributed by atoms with Gasteiger partial charge in [0.05, 0.1) is 6.10 Å². The lowest BCUT2D eigenvalue weighted by molar-refractivity contribution is 0.0559. The maximum Gasteiger partial charge on any atom is 0.0577 e. The van der Waals surface area contributed by atoms with Crippen molar-refractivity contribution in [2.24, 2.45) is 11.1 Å². The molecule has 3 N–H and O–H groups in total. The Morgan fingerprint density at radius 2 is 2.11 bits per heavy atom. The van der Waals surface area contributed by atoms with E-state index in [2.05, 4.69) is 0 Å². The predicted molar refractivity (Wildman–Crippen MR) is 39.1 cm³/mol. The molecule has 56 valence electrons. The molecule has 0 radical (unpaired) electrons. The van der Waals surface area contributed by atoms with Crippen molar-refractivity contribution in [2.75, 3.05) is 6.54 Å². The molecule has 0 saturated heterocycles. The molecule has 0 heterocycles. The first-order chi connectivity index (χ1) is 4.06. The second-order valence-electron chi connectivity index (χ2n) is 2.89. The van der Waals surface area contributed by atoms with Crippen LogP contribution in [0.1, 0.15) is 27.2 Å². The van der Waals surface area contributed by atoms with Crippen LogP contribution in [0.5, 0.6) is 0 Å². The fraction of sp³-hybridized carbons (Fsp3) is 1.00. The van der Waals surface area contributed by atoms with Crippen molar-refractivity contribution >= 4 is 0 Å². The highest BCUT2D eigenvalue weighted by Gasteiger charge is 2.25. The van der Waals surface area contributed by atoms with E-state index in [4.69, 9.17) is 5.73 Å². The van der Waals surface area contributed by atoms with E-state index in [9.17, 15) is 5.11 Å². The van der Waals surface area contributed by atoms with Crippen molar-refractivity contribution in [1.82, 2.24) is 0 Å². The molecular weight excluding hydrogens is 114 g/mol. The first-order valence-electron chi connectivity index (χ1n) is 3.45. The molecule has 2 heteroatoms. The first-order valence-corrected chi connectivity index (χ1v) is 3.45. The van der Waals surface area contributed by atoms with Gasteiger partial charge in [0.1, 0.15) is 0 Å². The summed E-state index contributed by atoms with van der Waals surface area (Å²) in [5.41, 5.74) is 5.38. The summed E-state index contributed by atoms with van der Waals surface area (Å²) in [7, 11) is 0. The van der Waals surface area contributed by atoms with E-state index in [1.54, 1.807) is 6.92 Å². The summed E-state index contributed by atoms with van der Waals surface area (Å²) in [6.45, 7) is 6.38. The van der Waals surface area contributed by atoms with Crippen molar-refractivity contribution in [1.29, 1.82) is 0 Å². The Morgan fingerprint density at radius 3 is 2.11 bits per heavy atom. The third kappa shape index (κ3) is 1.95. The Morgan fingerprint density at radius 1 is 1.67 bits per heavy atom. The Balaban J connectivity index is 3.92. The van der Waals surface area contributed by atoms with Gasteiger partial charge in [0.15, 0.2) is 0 Å². The molecule has 0 spiro atoms. The van der Waals surface area contributed by atoms with Crippen LogP contribution in [-0.4, -0.2) is 17.8 Å². The van der Waals surface area contributed by atoms with E-state index in [-0.39, 0.29) is 11.5 Å². The van der Waals surface area contributed by atoms with Crippen LogP contribution >= 0.6 is 0 Å². The number of rotatable bonds is 3. The summed E-state index contributed by atoms with van der Waals surface area (Å²) < 4.78 is 0. The van der Waals surface area contributed by atoms with Crippen LogP contribution in [0, 0.1) is 5.41 Å². The van der Waals surface area contributed by atoms with Crippen LogP contribution in [0.3, 0.4) is 0 Å². The standard InChI is InChI=1S/C7H17NO/c1-4-7(3,5-8)6(2)9/h6,9H,4-5,8H2,1-3H3/t6-,7+/m0/s1. The quantitative estimate of drug-likeness (QED) is 0.593. The second kappa shape index (κ2) is 3.18. The van der Waals surface area contributed by atoms with Gasteiger partial charge in [0.25, 0.3) is 0 Å². The molecule has 0 aliphatic rings. The minimum atomic E-state index is -0.299. The molecule has 2 atom stereocenters. The number of hydrogen-bond acceptors (Lipinski definition) is 2. The highest BCUT2D eigenvalue weighted by Crippen LogP contribution is 2.23. The van der Waals surface area contributed by atoms with E-state index in [1.807, 2.05) is 13.8 Å². The number of aliphatic hydroxyl groups excluding tert-OH is 1. The normalized spacial score (nSPS) is 21.0. The van der Waals surface area contributed by atoms with Crippen LogP contribution in [0.2, 0.25) is 0 Å². The average molecular weight is 131 g/mol. The smallest absolute Gasteiger partial charge is 0.0577 e. The van der Waals surface area contributed by atoms with Gasteiger partial charge in [-0.3, -0.25) is 0 Å². The fourth-order valence-corrected chi connectivity index (χ4v) is 0.610. The highest BCUT2D eigenvalue weighted by atomic mass is 16.3. The third-order valence-electron chi connectivity index (χ3n) is 2.28. The molecule has 0 fully saturated rings. The van der Waals surface area contributed by atoms with Crippen molar-refractivity contribution in [2.45, 2.75) is 33.3 Å².